The van der Waals surface area contributed by atoms with Crippen LogP contribution >= 0.6 is 28.1 Å². The fourth-order valence-corrected chi connectivity index (χ4v) is 3.02. The van der Waals surface area contributed by atoms with Crippen molar-refractivity contribution in [2.24, 2.45) is 0 Å². The molecule has 2 rings (SSSR count). The van der Waals surface area contributed by atoms with E-state index in [0.717, 1.165) is 30.2 Å². The lowest BCUT2D eigenvalue weighted by Crippen LogP contribution is -2.49. The Morgan fingerprint density at radius 1 is 1.06 bits per heavy atom. The maximum absolute atomic E-state index is 12.2. The Bertz CT molecular complexity index is 1060. The van der Waals surface area contributed by atoms with Gasteiger partial charge in [0.2, 0.25) is 0 Å². The number of non-ortho nitro benzene ring substituents is 2. The number of nitro benzene ring substituents is 2. The number of hydrazine groups is 1. The Hall–Kier alpha value is -3.65. The summed E-state index contributed by atoms with van der Waals surface area (Å²) in [6.07, 6.45) is 0.843. The third-order valence-corrected chi connectivity index (χ3v) is 4.72. The highest BCUT2D eigenvalue weighted by atomic mass is 79.9. The molecule has 0 aliphatic heterocycles. The number of rotatable bonds is 7. The van der Waals surface area contributed by atoms with Gasteiger partial charge >= 0.3 is 0 Å². The number of benzene rings is 2. The van der Waals surface area contributed by atoms with E-state index in [9.17, 15) is 29.8 Å². The second-order valence-electron chi connectivity index (χ2n) is 6.12. The van der Waals surface area contributed by atoms with Gasteiger partial charge in [0.25, 0.3) is 23.2 Å². The molecule has 0 heterocycles. The Morgan fingerprint density at radius 3 is 2.22 bits per heavy atom. The smallest absolute Gasteiger partial charge is 0.277 e. The lowest BCUT2D eigenvalue weighted by Gasteiger charge is -2.12. The van der Waals surface area contributed by atoms with Gasteiger partial charge in [-0.15, -0.1) is 0 Å². The Kier molecular flexibility index (Phi) is 8.54. The predicted molar refractivity (Wildman–Crippen MR) is 120 cm³/mol. The lowest BCUT2D eigenvalue weighted by molar-refractivity contribution is -0.394. The minimum absolute atomic E-state index is 0.342. The summed E-state index contributed by atoms with van der Waals surface area (Å²) in [6, 6.07) is 7.89. The molecule has 0 spiro atoms. The third-order valence-electron chi connectivity index (χ3n) is 3.89. The number of thiocarbonyl (C=S) groups is 1. The molecule has 3 N–H and O–H groups in total. The molecular formula is C18H16BrN5O7S. The van der Waals surface area contributed by atoms with Crippen LogP contribution in [-0.2, 0) is 11.2 Å². The van der Waals surface area contributed by atoms with Crippen molar-refractivity contribution < 1.29 is 24.2 Å². The molecule has 0 aliphatic carbocycles. The van der Waals surface area contributed by atoms with E-state index in [1.807, 2.05) is 19.1 Å². The molecule has 0 aromatic heterocycles. The van der Waals surface area contributed by atoms with Crippen molar-refractivity contribution in [1.82, 2.24) is 16.2 Å². The van der Waals surface area contributed by atoms with Crippen LogP contribution in [0.2, 0.25) is 0 Å². The summed E-state index contributed by atoms with van der Waals surface area (Å²) in [5.41, 5.74) is 3.94. The number of halogens is 1. The van der Waals surface area contributed by atoms with Gasteiger partial charge in [-0.25, -0.2) is 0 Å². The number of nitrogens with one attached hydrogen (secondary N) is 3. The van der Waals surface area contributed by atoms with Crippen LogP contribution in [0.3, 0.4) is 0 Å². The number of aryl methyl sites for hydroxylation is 1. The molecule has 0 aliphatic rings. The molecule has 2 aromatic carbocycles. The summed E-state index contributed by atoms with van der Waals surface area (Å²) in [5.74, 6) is -1.10. The van der Waals surface area contributed by atoms with Crippen LogP contribution in [0.1, 0.15) is 22.8 Å². The Morgan fingerprint density at radius 2 is 1.69 bits per heavy atom. The Labute approximate surface area is 194 Å². The molecule has 2 aromatic rings. The standard InChI is InChI=1S/C18H16BrN5O7S/c1-2-10-3-4-15(14(19)5-10)31-9-16(25)21-22-18(32)20-17(26)11-6-12(23(27)28)8-13(7-11)24(29)30/h3-8H,2,9H2,1H3,(H,21,25)(H2,20,22,26,32). The van der Waals surface area contributed by atoms with E-state index < -0.39 is 33.0 Å². The van der Waals surface area contributed by atoms with Crippen LogP contribution in [0.25, 0.3) is 0 Å². The van der Waals surface area contributed by atoms with Crippen LogP contribution in [-0.4, -0.2) is 33.4 Å². The number of ether oxygens (including phenoxy) is 1. The molecule has 0 saturated carbocycles. The number of nitrogens with zero attached hydrogens (tertiary/aromatic N) is 2. The van der Waals surface area contributed by atoms with Crippen molar-refractivity contribution in [3.63, 3.8) is 0 Å². The molecule has 14 heteroatoms. The average Bonchev–Trinajstić information content (AvgIpc) is 2.76. The van der Waals surface area contributed by atoms with Gasteiger partial charge in [0, 0.05) is 12.1 Å². The van der Waals surface area contributed by atoms with E-state index in [4.69, 9.17) is 17.0 Å². The van der Waals surface area contributed by atoms with Crippen molar-refractivity contribution >= 4 is 56.4 Å². The lowest BCUT2D eigenvalue weighted by atomic mass is 10.1. The predicted octanol–water partition coefficient (Wildman–Crippen LogP) is 2.54. The van der Waals surface area contributed by atoms with Crippen molar-refractivity contribution in [2.75, 3.05) is 6.61 Å². The summed E-state index contributed by atoms with van der Waals surface area (Å²) in [5, 5.41) is 23.6. The first kappa shape index (κ1) is 24.6. The summed E-state index contributed by atoms with van der Waals surface area (Å²) < 4.78 is 6.08. The van der Waals surface area contributed by atoms with Crippen molar-refractivity contribution in [3.05, 3.63) is 72.2 Å². The van der Waals surface area contributed by atoms with Gasteiger partial charge in [-0.2, -0.15) is 0 Å². The molecular weight excluding hydrogens is 510 g/mol. The van der Waals surface area contributed by atoms with Crippen LogP contribution in [0.4, 0.5) is 11.4 Å². The minimum atomic E-state index is -0.945. The normalized spacial score (nSPS) is 10.1. The number of hydrogen-bond donors (Lipinski definition) is 3. The van der Waals surface area contributed by atoms with Crippen LogP contribution in [0.5, 0.6) is 5.75 Å². The molecule has 2 amide bonds. The molecule has 168 valence electrons. The van der Waals surface area contributed by atoms with E-state index in [2.05, 4.69) is 32.1 Å². The fraction of sp³-hybridized carbons (Fsp3) is 0.167. The summed E-state index contributed by atoms with van der Waals surface area (Å²) >= 11 is 8.22. The van der Waals surface area contributed by atoms with Gasteiger partial charge in [0.1, 0.15) is 5.75 Å². The van der Waals surface area contributed by atoms with Gasteiger partial charge in [-0.3, -0.25) is 46.0 Å². The van der Waals surface area contributed by atoms with Crippen molar-refractivity contribution in [3.8, 4) is 5.75 Å². The van der Waals surface area contributed by atoms with Crippen molar-refractivity contribution in [1.29, 1.82) is 0 Å². The number of carbonyl (C=O) groups is 2. The maximum Gasteiger partial charge on any atom is 0.277 e. The average molecular weight is 526 g/mol. The highest BCUT2D eigenvalue weighted by Crippen LogP contribution is 2.26. The molecule has 32 heavy (non-hydrogen) atoms. The molecule has 0 fully saturated rings. The zero-order chi connectivity index (χ0) is 23.8. The van der Waals surface area contributed by atoms with Crippen LogP contribution < -0.4 is 20.9 Å². The maximum atomic E-state index is 12.2. The first-order valence-corrected chi connectivity index (χ1v) is 10.1. The number of nitro groups is 2. The second-order valence-corrected chi connectivity index (χ2v) is 7.38. The largest absolute Gasteiger partial charge is 0.483 e. The van der Waals surface area contributed by atoms with Crippen LogP contribution in [0, 0.1) is 20.2 Å². The summed E-state index contributed by atoms with van der Waals surface area (Å²) in [4.78, 5) is 44.2. The van der Waals surface area contributed by atoms with Gasteiger partial charge in [-0.05, 0) is 52.3 Å². The number of amides is 2. The monoisotopic (exact) mass is 525 g/mol. The zero-order valence-electron chi connectivity index (χ0n) is 16.4. The Balaban J connectivity index is 1.90. The van der Waals surface area contributed by atoms with Gasteiger partial charge in [-0.1, -0.05) is 13.0 Å². The molecule has 0 radical (unpaired) electrons. The summed E-state index contributed by atoms with van der Waals surface area (Å²) in [7, 11) is 0. The van der Waals surface area contributed by atoms with Gasteiger partial charge in [0.05, 0.1) is 25.9 Å². The molecule has 0 atom stereocenters. The number of carbonyl (C=O) groups excluding carboxylic acids is 2. The van der Waals surface area contributed by atoms with Gasteiger partial charge < -0.3 is 4.74 Å². The van der Waals surface area contributed by atoms with E-state index in [0.29, 0.717) is 10.2 Å². The zero-order valence-corrected chi connectivity index (χ0v) is 18.8. The first-order chi connectivity index (χ1) is 15.1. The van der Waals surface area contributed by atoms with Crippen molar-refractivity contribution in [2.45, 2.75) is 13.3 Å². The topological polar surface area (TPSA) is 166 Å². The highest BCUT2D eigenvalue weighted by Gasteiger charge is 2.20. The quantitative estimate of drug-likeness (QED) is 0.279. The SMILES string of the molecule is CCc1ccc(OCC(=O)NNC(=S)NC(=O)c2cc([N+](=O)[O-])cc([N+](=O)[O-])c2)c(Br)c1. The fourth-order valence-electron chi connectivity index (χ4n) is 2.33. The van der Waals surface area contributed by atoms with E-state index in [-0.39, 0.29) is 17.3 Å². The van der Waals surface area contributed by atoms with E-state index in [1.54, 1.807) is 6.07 Å². The van der Waals surface area contributed by atoms with Gasteiger partial charge in [0.15, 0.2) is 11.7 Å². The van der Waals surface area contributed by atoms with E-state index in [1.165, 1.54) is 0 Å². The summed E-state index contributed by atoms with van der Waals surface area (Å²) in [6.45, 7) is 1.65. The van der Waals surface area contributed by atoms with Crippen LogP contribution in [0.15, 0.2) is 40.9 Å². The second kappa shape index (κ2) is 11.1. The highest BCUT2D eigenvalue weighted by molar-refractivity contribution is 9.10. The number of hydrogen-bond acceptors (Lipinski definition) is 8. The molecule has 12 nitrogen and oxygen atoms in total. The molecule has 0 saturated heterocycles. The minimum Gasteiger partial charge on any atom is -0.483 e. The first-order valence-electron chi connectivity index (χ1n) is 8.86. The molecule has 0 unspecified atom stereocenters. The molecule has 0 bridgehead atoms. The van der Waals surface area contributed by atoms with E-state index >= 15 is 0 Å². The third kappa shape index (κ3) is 6.95.